The van der Waals surface area contributed by atoms with E-state index in [0.717, 1.165) is 0 Å². The second-order valence-electron chi connectivity index (χ2n) is 4.55. The van der Waals surface area contributed by atoms with Crippen molar-refractivity contribution in [3.8, 4) is 0 Å². The lowest BCUT2D eigenvalue weighted by Crippen LogP contribution is -2.42. The second-order valence-corrected chi connectivity index (χ2v) is 4.55. The van der Waals surface area contributed by atoms with Crippen molar-refractivity contribution in [1.29, 1.82) is 0 Å². The van der Waals surface area contributed by atoms with E-state index in [2.05, 4.69) is 0 Å². The highest BCUT2D eigenvalue weighted by Crippen LogP contribution is 2.38. The summed E-state index contributed by atoms with van der Waals surface area (Å²) in [7, 11) is 0. The van der Waals surface area contributed by atoms with E-state index in [4.69, 9.17) is 20.4 Å². The second kappa shape index (κ2) is 5.68. The molecule has 8 nitrogen and oxygen atoms in total. The Bertz CT molecular complexity index is 377. The molecule has 4 unspecified atom stereocenters. The summed E-state index contributed by atoms with van der Waals surface area (Å²) in [6.45, 7) is 0. The highest BCUT2D eigenvalue weighted by molar-refractivity contribution is 5.88. The highest BCUT2D eigenvalue weighted by atomic mass is 16.4. The lowest BCUT2D eigenvalue weighted by molar-refractivity contribution is -0.167. The zero-order chi connectivity index (χ0) is 14.7. The first kappa shape index (κ1) is 14.9. The SMILES string of the molecule is O=C(O)C1CCCC(C(=O)O)C(C(=O)O)C1C(=O)O. The molecular formula is C11H14O8. The summed E-state index contributed by atoms with van der Waals surface area (Å²) in [6, 6.07) is 0. The topological polar surface area (TPSA) is 149 Å². The molecular weight excluding hydrogens is 260 g/mol. The number of rotatable bonds is 4. The Morgan fingerprint density at radius 1 is 0.632 bits per heavy atom. The fourth-order valence-corrected chi connectivity index (χ4v) is 2.62. The van der Waals surface area contributed by atoms with Crippen molar-refractivity contribution in [3.05, 3.63) is 0 Å². The fourth-order valence-electron chi connectivity index (χ4n) is 2.62. The summed E-state index contributed by atoms with van der Waals surface area (Å²) in [5.74, 6) is -12.3. The highest BCUT2D eigenvalue weighted by Gasteiger charge is 2.50. The van der Waals surface area contributed by atoms with Gasteiger partial charge in [-0.05, 0) is 12.8 Å². The van der Waals surface area contributed by atoms with Gasteiger partial charge in [0, 0.05) is 0 Å². The van der Waals surface area contributed by atoms with Crippen molar-refractivity contribution in [2.24, 2.45) is 23.7 Å². The van der Waals surface area contributed by atoms with Gasteiger partial charge in [-0.1, -0.05) is 6.42 Å². The van der Waals surface area contributed by atoms with Crippen LogP contribution in [0.4, 0.5) is 0 Å². The Labute approximate surface area is 107 Å². The Kier molecular flexibility index (Phi) is 4.47. The van der Waals surface area contributed by atoms with Crippen molar-refractivity contribution in [2.45, 2.75) is 19.3 Å². The molecule has 8 heteroatoms. The molecule has 0 amide bonds. The molecule has 1 fully saturated rings. The van der Waals surface area contributed by atoms with Gasteiger partial charge in [0.2, 0.25) is 0 Å². The Balaban J connectivity index is 3.27. The monoisotopic (exact) mass is 274 g/mol. The molecule has 4 atom stereocenters. The van der Waals surface area contributed by atoms with E-state index in [0.29, 0.717) is 0 Å². The van der Waals surface area contributed by atoms with E-state index in [1.165, 1.54) is 0 Å². The summed E-state index contributed by atoms with van der Waals surface area (Å²) in [6.07, 6.45) is 0.0845. The van der Waals surface area contributed by atoms with Crippen LogP contribution in [-0.4, -0.2) is 44.3 Å². The molecule has 0 spiro atoms. The van der Waals surface area contributed by atoms with Crippen LogP contribution in [0, 0.1) is 23.7 Å². The fraction of sp³-hybridized carbons (Fsp3) is 0.636. The zero-order valence-electron chi connectivity index (χ0n) is 9.85. The van der Waals surface area contributed by atoms with Crippen LogP contribution in [0.15, 0.2) is 0 Å². The average Bonchev–Trinajstić information content (AvgIpc) is 2.47. The van der Waals surface area contributed by atoms with E-state index in [1.807, 2.05) is 0 Å². The van der Waals surface area contributed by atoms with Crippen LogP contribution >= 0.6 is 0 Å². The van der Waals surface area contributed by atoms with E-state index in [-0.39, 0.29) is 19.3 Å². The van der Waals surface area contributed by atoms with Gasteiger partial charge in [-0.25, -0.2) is 0 Å². The van der Waals surface area contributed by atoms with Gasteiger partial charge in [0.05, 0.1) is 23.7 Å². The van der Waals surface area contributed by atoms with Gasteiger partial charge in [0.25, 0.3) is 0 Å². The van der Waals surface area contributed by atoms with Gasteiger partial charge >= 0.3 is 23.9 Å². The van der Waals surface area contributed by atoms with Crippen LogP contribution in [-0.2, 0) is 19.2 Å². The standard InChI is InChI=1S/C11H14O8/c12-8(13)4-2-1-3-5(9(14)15)7(11(18)19)6(4)10(16)17/h4-7H,1-3H2,(H,12,13)(H,14,15)(H,16,17)(H,18,19). The van der Waals surface area contributed by atoms with Gasteiger partial charge in [-0.15, -0.1) is 0 Å². The first-order valence-electron chi connectivity index (χ1n) is 5.68. The van der Waals surface area contributed by atoms with Crippen molar-refractivity contribution >= 4 is 23.9 Å². The minimum absolute atomic E-state index is 0.0418. The lowest BCUT2D eigenvalue weighted by atomic mass is 9.76. The van der Waals surface area contributed by atoms with Crippen LogP contribution in [0.25, 0.3) is 0 Å². The predicted octanol–water partition coefficient (Wildman–Crippen LogP) is -0.0265. The first-order chi connectivity index (χ1) is 8.77. The predicted molar refractivity (Wildman–Crippen MR) is 58.4 cm³/mol. The molecule has 0 aromatic rings. The third-order valence-electron chi connectivity index (χ3n) is 3.49. The first-order valence-corrected chi connectivity index (χ1v) is 5.68. The van der Waals surface area contributed by atoms with Crippen molar-refractivity contribution in [1.82, 2.24) is 0 Å². The third-order valence-corrected chi connectivity index (χ3v) is 3.49. The summed E-state index contributed by atoms with van der Waals surface area (Å²) in [5, 5.41) is 36.2. The molecule has 0 saturated heterocycles. The maximum atomic E-state index is 11.2. The van der Waals surface area contributed by atoms with E-state index < -0.39 is 47.5 Å². The number of hydrogen-bond acceptors (Lipinski definition) is 4. The maximum Gasteiger partial charge on any atom is 0.308 e. The van der Waals surface area contributed by atoms with Crippen LogP contribution in [0.3, 0.4) is 0 Å². The van der Waals surface area contributed by atoms with Crippen molar-refractivity contribution in [3.63, 3.8) is 0 Å². The molecule has 0 radical (unpaired) electrons. The molecule has 4 N–H and O–H groups in total. The summed E-state index contributed by atoms with van der Waals surface area (Å²) >= 11 is 0. The average molecular weight is 274 g/mol. The van der Waals surface area contributed by atoms with Crippen molar-refractivity contribution in [2.75, 3.05) is 0 Å². The molecule has 1 aliphatic carbocycles. The van der Waals surface area contributed by atoms with E-state index >= 15 is 0 Å². The van der Waals surface area contributed by atoms with Gasteiger partial charge in [0.1, 0.15) is 0 Å². The Morgan fingerprint density at radius 2 is 0.947 bits per heavy atom. The van der Waals surface area contributed by atoms with Crippen LogP contribution in [0.2, 0.25) is 0 Å². The lowest BCUT2D eigenvalue weighted by Gasteiger charge is -2.25. The quantitative estimate of drug-likeness (QED) is 0.522. The molecule has 0 bridgehead atoms. The maximum absolute atomic E-state index is 11.2. The van der Waals surface area contributed by atoms with Gasteiger partial charge < -0.3 is 20.4 Å². The van der Waals surface area contributed by atoms with Crippen LogP contribution in [0.5, 0.6) is 0 Å². The summed E-state index contributed by atoms with van der Waals surface area (Å²) in [5.41, 5.74) is 0. The molecule has 106 valence electrons. The van der Waals surface area contributed by atoms with Crippen LogP contribution in [0.1, 0.15) is 19.3 Å². The van der Waals surface area contributed by atoms with Crippen molar-refractivity contribution < 1.29 is 39.6 Å². The number of carboxylic acid groups (broad SMARTS) is 4. The molecule has 19 heavy (non-hydrogen) atoms. The van der Waals surface area contributed by atoms with Crippen LogP contribution < -0.4 is 0 Å². The molecule has 0 aromatic carbocycles. The number of aliphatic carboxylic acids is 4. The molecule has 0 heterocycles. The Hall–Kier alpha value is -2.12. The molecule has 1 rings (SSSR count). The van der Waals surface area contributed by atoms with E-state index in [9.17, 15) is 19.2 Å². The zero-order valence-corrected chi connectivity index (χ0v) is 9.85. The Morgan fingerprint density at radius 3 is 1.16 bits per heavy atom. The van der Waals surface area contributed by atoms with Gasteiger partial charge in [0.15, 0.2) is 0 Å². The molecule has 0 aliphatic heterocycles. The van der Waals surface area contributed by atoms with Gasteiger partial charge in [-0.3, -0.25) is 19.2 Å². The minimum Gasteiger partial charge on any atom is -0.481 e. The largest absolute Gasteiger partial charge is 0.481 e. The number of carboxylic acids is 4. The number of hydrogen-bond donors (Lipinski definition) is 4. The smallest absolute Gasteiger partial charge is 0.308 e. The summed E-state index contributed by atoms with van der Waals surface area (Å²) < 4.78 is 0. The van der Waals surface area contributed by atoms with Gasteiger partial charge in [-0.2, -0.15) is 0 Å². The summed E-state index contributed by atoms with van der Waals surface area (Å²) in [4.78, 5) is 44.5. The molecule has 1 saturated carbocycles. The minimum atomic E-state index is -1.74. The van der Waals surface area contributed by atoms with E-state index in [1.54, 1.807) is 0 Å². The third kappa shape index (κ3) is 3.01. The molecule has 1 aliphatic rings. The molecule has 0 aromatic heterocycles. The number of carbonyl (C=O) groups is 4. The normalized spacial score (nSPS) is 31.2.